The Morgan fingerprint density at radius 3 is 2.27 bits per heavy atom. The molecule has 0 saturated carbocycles. The van der Waals surface area contributed by atoms with Crippen LogP contribution in [0.3, 0.4) is 0 Å². The average molecular weight is 327 g/mol. The van der Waals surface area contributed by atoms with Crippen molar-refractivity contribution < 1.29 is 44.5 Å². The van der Waals surface area contributed by atoms with Crippen molar-refractivity contribution in [2.24, 2.45) is 5.73 Å². The van der Waals surface area contributed by atoms with Crippen molar-refractivity contribution in [1.29, 1.82) is 0 Å². The standard InChI is InChI=1S/C10H21NO7.C2H4O2/c11-1-2-16-3-4-17-9-8(14)7(13)6(5-12)18-10(9)15;1-2(3)4/h6-10,12-15H,1-5,11H2;1H3,(H,3,4)/t6-,7+,8+,9-,10-;/m1./s1. The molecule has 22 heavy (non-hydrogen) atoms. The first-order valence-electron chi connectivity index (χ1n) is 6.74. The first-order valence-corrected chi connectivity index (χ1v) is 6.74. The fourth-order valence-corrected chi connectivity index (χ4v) is 1.68. The van der Waals surface area contributed by atoms with Crippen LogP contribution in [-0.2, 0) is 19.0 Å². The molecule has 0 aliphatic carbocycles. The molecule has 0 spiro atoms. The summed E-state index contributed by atoms with van der Waals surface area (Å²) in [7, 11) is 0. The topological polar surface area (TPSA) is 172 Å². The second kappa shape index (κ2) is 11.7. The SMILES string of the molecule is CC(=O)O.NCCOCCO[C@@H]1[C@@H](O)[C@@H](O)[C@@H](CO)O[C@H]1O. The van der Waals surface area contributed by atoms with Gasteiger partial charge in [-0.3, -0.25) is 4.79 Å². The maximum absolute atomic E-state index is 9.73. The molecule has 0 bridgehead atoms. The molecule has 7 N–H and O–H groups in total. The average Bonchev–Trinajstić information content (AvgIpc) is 2.45. The van der Waals surface area contributed by atoms with Gasteiger partial charge in [0.25, 0.3) is 5.97 Å². The minimum absolute atomic E-state index is 0.124. The second-order valence-electron chi connectivity index (χ2n) is 4.48. The van der Waals surface area contributed by atoms with Crippen molar-refractivity contribution in [2.75, 3.05) is 33.0 Å². The Balaban J connectivity index is 0.000000980. The smallest absolute Gasteiger partial charge is 0.300 e. The Labute approximate surface area is 128 Å². The molecule has 0 unspecified atom stereocenters. The molecule has 0 radical (unpaired) electrons. The molecule has 1 saturated heterocycles. The van der Waals surface area contributed by atoms with Gasteiger partial charge in [0.2, 0.25) is 0 Å². The summed E-state index contributed by atoms with van der Waals surface area (Å²) in [5.41, 5.74) is 5.22. The number of carboxylic acid groups (broad SMARTS) is 1. The summed E-state index contributed by atoms with van der Waals surface area (Å²) < 4.78 is 15.2. The number of hydrogen-bond donors (Lipinski definition) is 6. The van der Waals surface area contributed by atoms with Crippen LogP contribution in [0.25, 0.3) is 0 Å². The number of nitrogens with two attached hydrogens (primary N) is 1. The zero-order valence-corrected chi connectivity index (χ0v) is 12.4. The molecule has 10 heteroatoms. The van der Waals surface area contributed by atoms with Crippen LogP contribution in [0.5, 0.6) is 0 Å². The first-order chi connectivity index (χ1) is 10.3. The Hall–Kier alpha value is -0.850. The van der Waals surface area contributed by atoms with Gasteiger partial charge >= 0.3 is 0 Å². The van der Waals surface area contributed by atoms with E-state index in [1.807, 2.05) is 0 Å². The summed E-state index contributed by atoms with van der Waals surface area (Å²) in [5.74, 6) is -0.833. The number of carbonyl (C=O) groups is 1. The van der Waals surface area contributed by atoms with Crippen LogP contribution >= 0.6 is 0 Å². The summed E-state index contributed by atoms with van der Waals surface area (Å²) in [6, 6.07) is 0. The van der Waals surface area contributed by atoms with E-state index in [1.54, 1.807) is 0 Å². The largest absolute Gasteiger partial charge is 0.481 e. The lowest BCUT2D eigenvalue weighted by atomic mass is 9.99. The molecule has 1 heterocycles. The normalized spacial score (nSPS) is 31.3. The van der Waals surface area contributed by atoms with Crippen molar-refractivity contribution in [2.45, 2.75) is 37.6 Å². The van der Waals surface area contributed by atoms with Gasteiger partial charge in [-0.2, -0.15) is 0 Å². The van der Waals surface area contributed by atoms with Crippen molar-refractivity contribution in [3.63, 3.8) is 0 Å². The van der Waals surface area contributed by atoms with Crippen molar-refractivity contribution in [3.8, 4) is 0 Å². The molecule has 0 aromatic carbocycles. The van der Waals surface area contributed by atoms with E-state index in [0.29, 0.717) is 13.2 Å². The fourth-order valence-electron chi connectivity index (χ4n) is 1.68. The van der Waals surface area contributed by atoms with Crippen LogP contribution < -0.4 is 5.73 Å². The third-order valence-electron chi connectivity index (χ3n) is 2.64. The molecular weight excluding hydrogens is 302 g/mol. The lowest BCUT2D eigenvalue weighted by Gasteiger charge is -2.39. The van der Waals surface area contributed by atoms with Crippen LogP contribution in [0, 0.1) is 0 Å². The predicted molar refractivity (Wildman–Crippen MR) is 72.9 cm³/mol. The third-order valence-corrected chi connectivity index (χ3v) is 2.64. The maximum Gasteiger partial charge on any atom is 0.300 e. The minimum Gasteiger partial charge on any atom is -0.481 e. The van der Waals surface area contributed by atoms with Crippen LogP contribution in [0.15, 0.2) is 0 Å². The lowest BCUT2D eigenvalue weighted by molar-refractivity contribution is -0.297. The molecule has 0 aromatic heterocycles. The molecule has 0 aromatic rings. The van der Waals surface area contributed by atoms with Gasteiger partial charge in [-0.25, -0.2) is 0 Å². The number of aliphatic hydroxyl groups excluding tert-OH is 4. The van der Waals surface area contributed by atoms with Crippen LogP contribution in [0.4, 0.5) is 0 Å². The Kier molecular flexibility index (Phi) is 11.2. The summed E-state index contributed by atoms with van der Waals surface area (Å²) in [5, 5.41) is 45.2. The van der Waals surface area contributed by atoms with Gasteiger partial charge in [0, 0.05) is 13.5 Å². The Bertz CT molecular complexity index is 300. The highest BCUT2D eigenvalue weighted by Gasteiger charge is 2.44. The highest BCUT2D eigenvalue weighted by molar-refractivity contribution is 5.62. The summed E-state index contributed by atoms with van der Waals surface area (Å²) in [4.78, 5) is 9.00. The summed E-state index contributed by atoms with van der Waals surface area (Å²) in [6.07, 6.45) is -6.16. The van der Waals surface area contributed by atoms with Gasteiger partial charge in [0.15, 0.2) is 6.29 Å². The number of hydrogen-bond acceptors (Lipinski definition) is 9. The zero-order chi connectivity index (χ0) is 17.1. The number of carboxylic acids is 1. The molecule has 0 amide bonds. The van der Waals surface area contributed by atoms with E-state index in [-0.39, 0.29) is 13.2 Å². The van der Waals surface area contributed by atoms with Crippen LogP contribution in [0.2, 0.25) is 0 Å². The van der Waals surface area contributed by atoms with E-state index >= 15 is 0 Å². The first kappa shape index (κ1) is 21.1. The molecule has 5 atom stereocenters. The van der Waals surface area contributed by atoms with Gasteiger partial charge in [0.05, 0.1) is 26.4 Å². The molecule has 1 aliphatic heterocycles. The van der Waals surface area contributed by atoms with Crippen molar-refractivity contribution in [1.82, 2.24) is 0 Å². The minimum atomic E-state index is -1.41. The molecule has 1 rings (SSSR count). The molecule has 1 fully saturated rings. The van der Waals surface area contributed by atoms with Gasteiger partial charge < -0.3 is 45.5 Å². The number of ether oxygens (including phenoxy) is 3. The molecular formula is C12H25NO9. The Morgan fingerprint density at radius 1 is 1.18 bits per heavy atom. The molecule has 10 nitrogen and oxygen atoms in total. The van der Waals surface area contributed by atoms with E-state index in [0.717, 1.165) is 6.92 Å². The van der Waals surface area contributed by atoms with Crippen molar-refractivity contribution >= 4 is 5.97 Å². The third kappa shape index (κ3) is 7.96. The summed E-state index contributed by atoms with van der Waals surface area (Å²) in [6.45, 7) is 1.76. The van der Waals surface area contributed by atoms with Gasteiger partial charge in [0.1, 0.15) is 24.4 Å². The van der Waals surface area contributed by atoms with Gasteiger partial charge in [-0.15, -0.1) is 0 Å². The number of aliphatic hydroxyl groups is 4. The highest BCUT2D eigenvalue weighted by Crippen LogP contribution is 2.21. The molecule has 132 valence electrons. The maximum atomic E-state index is 9.73. The van der Waals surface area contributed by atoms with E-state index in [1.165, 1.54) is 0 Å². The quantitative estimate of drug-likeness (QED) is 0.262. The van der Waals surface area contributed by atoms with E-state index in [2.05, 4.69) is 0 Å². The zero-order valence-electron chi connectivity index (χ0n) is 12.4. The Morgan fingerprint density at radius 2 is 1.77 bits per heavy atom. The van der Waals surface area contributed by atoms with Gasteiger partial charge in [-0.1, -0.05) is 0 Å². The number of aliphatic carboxylic acids is 1. The molecule has 1 aliphatic rings. The monoisotopic (exact) mass is 327 g/mol. The predicted octanol–water partition coefficient (Wildman–Crippen LogP) is -3.13. The summed E-state index contributed by atoms with van der Waals surface area (Å²) >= 11 is 0. The van der Waals surface area contributed by atoms with Crippen LogP contribution in [-0.4, -0.2) is 95.2 Å². The second-order valence-corrected chi connectivity index (χ2v) is 4.48. The van der Waals surface area contributed by atoms with Crippen LogP contribution in [0.1, 0.15) is 6.92 Å². The van der Waals surface area contributed by atoms with E-state index < -0.39 is 43.3 Å². The van der Waals surface area contributed by atoms with E-state index in [9.17, 15) is 15.3 Å². The fraction of sp³-hybridized carbons (Fsp3) is 0.917. The van der Waals surface area contributed by atoms with Crippen molar-refractivity contribution in [3.05, 3.63) is 0 Å². The van der Waals surface area contributed by atoms with E-state index in [4.69, 9.17) is 35.0 Å². The van der Waals surface area contributed by atoms with Gasteiger partial charge in [-0.05, 0) is 0 Å². The lowest BCUT2D eigenvalue weighted by Crippen LogP contribution is -2.59. The number of rotatable bonds is 7. The highest BCUT2D eigenvalue weighted by atomic mass is 16.7.